The molecule has 0 radical (unpaired) electrons. The van der Waals surface area contributed by atoms with Crippen LogP contribution in [0.25, 0.3) is 0 Å². The van der Waals surface area contributed by atoms with Crippen molar-refractivity contribution in [2.75, 3.05) is 0 Å². The van der Waals surface area contributed by atoms with Gasteiger partial charge in [-0.3, -0.25) is 9.35 Å². The number of ketones is 1. The van der Waals surface area contributed by atoms with Crippen LogP contribution in [0, 0.1) is 51.2 Å². The topological polar surface area (TPSA) is 80.7 Å². The molecule has 4 rings (SSSR count). The Bertz CT molecular complexity index is 972. The van der Waals surface area contributed by atoms with Crippen LogP contribution < -0.4 is 0 Å². The number of carbonyl (C=O) groups excluding carboxylic acids is 1. The highest BCUT2D eigenvalue weighted by atomic mass is 32.3. The van der Waals surface area contributed by atoms with Gasteiger partial charge < -0.3 is 0 Å². The fourth-order valence-electron chi connectivity index (χ4n) is 9.75. The molecule has 0 bridgehead atoms. The predicted molar refractivity (Wildman–Crippen MR) is 139 cm³/mol. The van der Waals surface area contributed by atoms with E-state index in [0.717, 1.165) is 12.8 Å². The second-order valence-electron chi connectivity index (χ2n) is 13.9. The van der Waals surface area contributed by atoms with Crippen molar-refractivity contribution in [3.05, 3.63) is 12.2 Å². The maximum absolute atomic E-state index is 12.2. The van der Waals surface area contributed by atoms with E-state index in [2.05, 4.69) is 40.7 Å². The lowest BCUT2D eigenvalue weighted by atomic mass is 9.35. The lowest BCUT2D eigenvalue weighted by Crippen LogP contribution is -2.62. The summed E-state index contributed by atoms with van der Waals surface area (Å²) >= 11 is 0. The monoisotopic (exact) mass is 508 g/mol. The first-order valence-corrected chi connectivity index (χ1v) is 15.3. The minimum Gasteiger partial charge on any atom is -0.295 e. The summed E-state index contributed by atoms with van der Waals surface area (Å²) in [6.07, 6.45) is 13.2. The maximum atomic E-state index is 12.2. The summed E-state index contributed by atoms with van der Waals surface area (Å²) in [5.41, 5.74) is 0.830. The van der Waals surface area contributed by atoms with Gasteiger partial charge in [0, 0.05) is 6.42 Å². The second-order valence-corrected chi connectivity index (χ2v) is 14.9. The Morgan fingerprint density at radius 3 is 2.26 bits per heavy atom. The van der Waals surface area contributed by atoms with Crippen LogP contribution in [0.1, 0.15) is 106 Å². The molecule has 0 aromatic carbocycles. The molecule has 200 valence electrons. The normalized spacial score (nSPS) is 45.1. The van der Waals surface area contributed by atoms with E-state index in [0.29, 0.717) is 42.3 Å². The molecule has 6 heteroatoms. The van der Waals surface area contributed by atoms with Gasteiger partial charge in [-0.25, -0.2) is 4.18 Å². The zero-order valence-electron chi connectivity index (χ0n) is 23.0. The van der Waals surface area contributed by atoms with Crippen molar-refractivity contribution < 1.29 is 21.9 Å². The molecule has 5 nitrogen and oxygen atoms in total. The third-order valence-corrected chi connectivity index (χ3v) is 12.8. The number of hydrogen-bond donors (Lipinski definition) is 1. The summed E-state index contributed by atoms with van der Waals surface area (Å²) in [4.78, 5) is 12.2. The highest BCUT2D eigenvalue weighted by Crippen LogP contribution is 2.76. The van der Waals surface area contributed by atoms with Gasteiger partial charge in [0.2, 0.25) is 0 Å². The molecule has 0 heterocycles. The van der Waals surface area contributed by atoms with Gasteiger partial charge in [-0.05, 0) is 109 Å². The van der Waals surface area contributed by atoms with Gasteiger partial charge in [-0.15, -0.1) is 0 Å². The number of carbonyl (C=O) groups is 1. The van der Waals surface area contributed by atoms with E-state index >= 15 is 0 Å². The zero-order valence-corrected chi connectivity index (χ0v) is 23.8. The van der Waals surface area contributed by atoms with Crippen molar-refractivity contribution in [2.45, 2.75) is 112 Å². The third kappa shape index (κ3) is 4.27. The van der Waals surface area contributed by atoms with Crippen molar-refractivity contribution in [1.29, 1.82) is 0 Å². The molecule has 3 fully saturated rings. The predicted octanol–water partition coefficient (Wildman–Crippen LogP) is 7.03. The van der Waals surface area contributed by atoms with E-state index in [1.54, 1.807) is 0 Å². The maximum Gasteiger partial charge on any atom is 0.397 e. The first-order chi connectivity index (χ1) is 16.1. The van der Waals surface area contributed by atoms with Crippen LogP contribution in [0.5, 0.6) is 0 Å². The van der Waals surface area contributed by atoms with Crippen LogP contribution in [0.3, 0.4) is 0 Å². The Hall–Kier alpha value is -0.720. The van der Waals surface area contributed by atoms with Gasteiger partial charge >= 0.3 is 10.4 Å². The molecule has 0 saturated heterocycles. The molecular weight excluding hydrogens is 460 g/mol. The molecule has 0 aromatic heterocycles. The number of allylic oxidation sites excluding steroid dienone is 2. The fraction of sp³-hybridized carbons (Fsp3) is 0.897. The molecule has 9 atom stereocenters. The summed E-state index contributed by atoms with van der Waals surface area (Å²) in [7, 11) is -4.44. The molecule has 1 unspecified atom stereocenters. The molecule has 1 N–H and O–H groups in total. The molecule has 0 amide bonds. The van der Waals surface area contributed by atoms with Gasteiger partial charge in [0.15, 0.2) is 5.78 Å². The quantitative estimate of drug-likeness (QED) is 0.373. The van der Waals surface area contributed by atoms with Crippen LogP contribution in [0.4, 0.5) is 0 Å². The molecule has 4 aliphatic rings. The third-order valence-electron chi connectivity index (χ3n) is 12.3. The largest absolute Gasteiger partial charge is 0.397 e. The summed E-state index contributed by atoms with van der Waals surface area (Å²) < 4.78 is 36.9. The summed E-state index contributed by atoms with van der Waals surface area (Å²) in [6, 6.07) is 0. The second kappa shape index (κ2) is 8.94. The summed E-state index contributed by atoms with van der Waals surface area (Å²) in [5, 5.41) is 0. The van der Waals surface area contributed by atoms with Crippen LogP contribution in [0.15, 0.2) is 12.2 Å². The SMILES string of the molecule is CC(C)[C@@H](CC[C@@H](C)[C@H]1CC[C@@]2(C)[C@@H]3CCC4CC(=O)C=C[C@]4(C)[C@@]3(C)CC[C@]12C)OS(=O)(=O)O. The minimum atomic E-state index is -4.44. The van der Waals surface area contributed by atoms with Gasteiger partial charge in [-0.2, -0.15) is 8.42 Å². The zero-order chi connectivity index (χ0) is 26.0. The van der Waals surface area contributed by atoms with Crippen molar-refractivity contribution in [3.63, 3.8) is 0 Å². The highest BCUT2D eigenvalue weighted by molar-refractivity contribution is 7.80. The van der Waals surface area contributed by atoms with Crippen molar-refractivity contribution in [3.8, 4) is 0 Å². The minimum absolute atomic E-state index is 0.0234. The van der Waals surface area contributed by atoms with Gasteiger partial charge in [0.1, 0.15) is 0 Å². The summed E-state index contributed by atoms with van der Waals surface area (Å²) in [6.45, 7) is 16.3. The van der Waals surface area contributed by atoms with E-state index in [9.17, 15) is 17.8 Å². The molecular formula is C29H48O5S. The Balaban J connectivity index is 1.55. The van der Waals surface area contributed by atoms with Gasteiger partial charge in [0.25, 0.3) is 0 Å². The van der Waals surface area contributed by atoms with Crippen LogP contribution in [-0.2, 0) is 19.4 Å². The Morgan fingerprint density at radius 2 is 1.63 bits per heavy atom. The standard InChI is InChI=1S/C29H48O5S/c1-19(2)24(34-35(31,32)33)10-8-20(3)23-13-15-28(6)25-11-9-21-18-22(30)12-14-26(21,4)29(25,7)17-16-27(23,28)5/h12,14,19-21,23-25H,8-11,13,15-18H2,1-7H3,(H,31,32,33)/t20-,21?,23-,24-,25+,26+,27-,28+,29+/m1/s1. The number of hydrogen-bond acceptors (Lipinski definition) is 4. The van der Waals surface area contributed by atoms with Crippen LogP contribution in [0.2, 0.25) is 0 Å². The van der Waals surface area contributed by atoms with Gasteiger partial charge in [-0.1, -0.05) is 54.5 Å². The average Bonchev–Trinajstić information content (AvgIpc) is 3.02. The Kier molecular flexibility index (Phi) is 6.98. The number of rotatable bonds is 7. The van der Waals surface area contributed by atoms with E-state index < -0.39 is 16.5 Å². The van der Waals surface area contributed by atoms with E-state index in [1.807, 2.05) is 19.9 Å². The first-order valence-electron chi connectivity index (χ1n) is 14.0. The van der Waals surface area contributed by atoms with Crippen molar-refractivity contribution >= 4 is 16.2 Å². The van der Waals surface area contributed by atoms with Crippen LogP contribution >= 0.6 is 0 Å². The molecule has 0 spiro atoms. The highest BCUT2D eigenvalue weighted by Gasteiger charge is 2.69. The van der Waals surface area contributed by atoms with Crippen LogP contribution in [-0.4, -0.2) is 24.9 Å². The smallest absolute Gasteiger partial charge is 0.295 e. The van der Waals surface area contributed by atoms with E-state index in [1.165, 1.54) is 32.1 Å². The molecule has 3 saturated carbocycles. The average molecular weight is 509 g/mol. The molecule has 0 aliphatic heterocycles. The Labute approximate surface area is 213 Å². The van der Waals surface area contributed by atoms with Crippen molar-refractivity contribution in [2.24, 2.45) is 51.2 Å². The molecule has 0 aromatic rings. The fourth-order valence-corrected chi connectivity index (χ4v) is 10.4. The van der Waals surface area contributed by atoms with Crippen molar-refractivity contribution in [1.82, 2.24) is 0 Å². The molecule has 4 aliphatic carbocycles. The molecule has 35 heavy (non-hydrogen) atoms. The lowest BCUT2D eigenvalue weighted by molar-refractivity contribution is -0.188. The Morgan fingerprint density at radius 1 is 0.971 bits per heavy atom. The lowest BCUT2D eigenvalue weighted by Gasteiger charge is -2.69. The summed E-state index contributed by atoms with van der Waals surface area (Å²) in [5.74, 6) is 2.52. The van der Waals surface area contributed by atoms with Gasteiger partial charge in [0.05, 0.1) is 6.10 Å². The number of fused-ring (bicyclic) bond motifs is 5. The van der Waals surface area contributed by atoms with E-state index in [-0.39, 0.29) is 27.6 Å². The van der Waals surface area contributed by atoms with E-state index in [4.69, 9.17) is 4.18 Å². The first kappa shape index (κ1) is 27.3.